The van der Waals surface area contributed by atoms with E-state index >= 15 is 0 Å². The van der Waals surface area contributed by atoms with Gasteiger partial charge in [0.1, 0.15) is 6.04 Å². The van der Waals surface area contributed by atoms with Crippen molar-refractivity contribution >= 4 is 23.4 Å². The number of allylic oxidation sites excluding steroid dienone is 2. The zero-order valence-corrected chi connectivity index (χ0v) is 19.2. The third kappa shape index (κ3) is 5.53. The number of hydrogen-bond acceptors (Lipinski definition) is 4. The topological polar surface area (TPSA) is 78.9 Å². The zero-order chi connectivity index (χ0) is 21.8. The van der Waals surface area contributed by atoms with Crippen LogP contribution in [-0.2, 0) is 14.3 Å². The van der Waals surface area contributed by atoms with Gasteiger partial charge in [0.15, 0.2) is 0 Å². The molecular formula is C22H37ClN2O4. The summed E-state index contributed by atoms with van der Waals surface area (Å²) < 4.78 is 4.95. The Morgan fingerprint density at radius 1 is 1.41 bits per heavy atom. The predicted octanol–water partition coefficient (Wildman–Crippen LogP) is 3.08. The summed E-state index contributed by atoms with van der Waals surface area (Å²) >= 11 is 6.12. The molecule has 1 aliphatic heterocycles. The Morgan fingerprint density at radius 3 is 2.62 bits per heavy atom. The first-order valence-electron chi connectivity index (χ1n) is 10.7. The number of aliphatic hydroxyl groups is 1. The summed E-state index contributed by atoms with van der Waals surface area (Å²) in [5.74, 6) is -0.138. The van der Waals surface area contributed by atoms with Gasteiger partial charge in [-0.15, -0.1) is 0 Å². The van der Waals surface area contributed by atoms with Gasteiger partial charge in [-0.1, -0.05) is 45.4 Å². The lowest BCUT2D eigenvalue weighted by Crippen LogP contribution is -2.64. The highest BCUT2D eigenvalue weighted by molar-refractivity contribution is 6.29. The predicted molar refractivity (Wildman–Crippen MR) is 114 cm³/mol. The second kappa shape index (κ2) is 9.80. The molecule has 1 unspecified atom stereocenters. The number of methoxy groups -OCH3 is 1. The molecule has 2 aliphatic rings. The van der Waals surface area contributed by atoms with Crippen molar-refractivity contribution < 1.29 is 19.4 Å². The van der Waals surface area contributed by atoms with Crippen LogP contribution in [0.1, 0.15) is 59.8 Å². The van der Waals surface area contributed by atoms with E-state index in [0.717, 1.165) is 24.3 Å². The first-order chi connectivity index (χ1) is 13.5. The highest BCUT2D eigenvalue weighted by Crippen LogP contribution is 2.48. The molecule has 2 N–H and O–H groups in total. The van der Waals surface area contributed by atoms with Crippen LogP contribution >= 0.6 is 11.6 Å². The van der Waals surface area contributed by atoms with E-state index in [9.17, 15) is 14.7 Å². The van der Waals surface area contributed by atoms with Gasteiger partial charge in [0.05, 0.1) is 12.2 Å². The number of hydrogen-bond donors (Lipinski definition) is 2. The van der Waals surface area contributed by atoms with E-state index < -0.39 is 17.1 Å². The van der Waals surface area contributed by atoms with Gasteiger partial charge in [-0.3, -0.25) is 9.59 Å². The number of piperidine rings is 1. The molecular weight excluding hydrogens is 392 g/mol. The van der Waals surface area contributed by atoms with Gasteiger partial charge in [0.25, 0.3) is 0 Å². The van der Waals surface area contributed by atoms with Crippen LogP contribution in [0.4, 0.5) is 0 Å². The van der Waals surface area contributed by atoms with E-state index in [-0.39, 0.29) is 30.1 Å². The minimum Gasteiger partial charge on any atom is -0.389 e. The molecule has 0 spiro atoms. The monoisotopic (exact) mass is 428 g/mol. The van der Waals surface area contributed by atoms with E-state index in [1.165, 1.54) is 0 Å². The maximum atomic E-state index is 13.2. The molecule has 2 rings (SSSR count). The summed E-state index contributed by atoms with van der Waals surface area (Å²) in [6, 6.07) is -0.572. The van der Waals surface area contributed by atoms with Gasteiger partial charge in [0, 0.05) is 37.1 Å². The molecule has 1 heterocycles. The van der Waals surface area contributed by atoms with Gasteiger partial charge in [-0.05, 0) is 37.5 Å². The molecule has 166 valence electrons. The third-order valence-corrected chi connectivity index (χ3v) is 6.99. The van der Waals surface area contributed by atoms with Gasteiger partial charge < -0.3 is 20.1 Å². The molecule has 0 aromatic rings. The Bertz CT molecular complexity index is 634. The number of likely N-dealkylation sites (tertiary alicyclic amines) is 1. The fourth-order valence-corrected chi connectivity index (χ4v) is 4.87. The molecule has 0 aromatic heterocycles. The molecule has 1 fully saturated rings. The molecule has 0 radical (unpaired) electrons. The van der Waals surface area contributed by atoms with Crippen molar-refractivity contribution in [3.63, 3.8) is 0 Å². The quantitative estimate of drug-likeness (QED) is 0.653. The minimum absolute atomic E-state index is 0.0245. The van der Waals surface area contributed by atoms with Crippen molar-refractivity contribution in [3.05, 3.63) is 11.1 Å². The van der Waals surface area contributed by atoms with Crippen LogP contribution in [0.25, 0.3) is 0 Å². The molecule has 0 bridgehead atoms. The summed E-state index contributed by atoms with van der Waals surface area (Å²) in [6.07, 6.45) is 5.23. The average molecular weight is 429 g/mol. The van der Waals surface area contributed by atoms with E-state index in [0.29, 0.717) is 26.1 Å². The highest BCUT2D eigenvalue weighted by Gasteiger charge is 2.53. The van der Waals surface area contributed by atoms with Gasteiger partial charge in [0.2, 0.25) is 11.8 Å². The standard InChI is InChI=1S/C22H37ClN2O4/c1-15(2)19(24-18(26)10-13-29-5)20(27)25-12-11-22(28,21(3,4)14-25)16-6-8-17(23)9-7-16/h8,15-16,19,28H,6-7,9-14H2,1-5H3,(H,24,26)/t16?,19-,22+/m1/s1. The summed E-state index contributed by atoms with van der Waals surface area (Å²) in [5, 5.41) is 15.3. The number of amides is 2. The van der Waals surface area contributed by atoms with Crippen LogP contribution in [-0.4, -0.2) is 60.3 Å². The van der Waals surface area contributed by atoms with Crippen molar-refractivity contribution in [2.75, 3.05) is 26.8 Å². The maximum Gasteiger partial charge on any atom is 0.245 e. The molecule has 2 amide bonds. The fourth-order valence-electron chi connectivity index (χ4n) is 4.67. The van der Waals surface area contributed by atoms with Crippen LogP contribution < -0.4 is 5.32 Å². The number of nitrogens with zero attached hydrogens (tertiary/aromatic N) is 1. The molecule has 3 atom stereocenters. The zero-order valence-electron chi connectivity index (χ0n) is 18.5. The number of rotatable bonds is 7. The lowest BCUT2D eigenvalue weighted by atomic mass is 9.61. The molecule has 0 saturated carbocycles. The first kappa shape index (κ1) is 24.2. The Kier molecular flexibility index (Phi) is 8.16. The number of halogens is 1. The number of carbonyl (C=O) groups excluding carboxylic acids is 2. The molecule has 7 heteroatoms. The van der Waals surface area contributed by atoms with Crippen LogP contribution in [0, 0.1) is 17.3 Å². The van der Waals surface area contributed by atoms with E-state index in [1.54, 1.807) is 12.0 Å². The van der Waals surface area contributed by atoms with Crippen LogP contribution in [0.2, 0.25) is 0 Å². The fraction of sp³-hybridized carbons (Fsp3) is 0.818. The summed E-state index contributed by atoms with van der Waals surface area (Å²) in [6.45, 7) is 9.22. The lowest BCUT2D eigenvalue weighted by molar-refractivity contribution is -0.170. The summed E-state index contributed by atoms with van der Waals surface area (Å²) in [7, 11) is 1.55. The van der Waals surface area contributed by atoms with Crippen LogP contribution in [0.3, 0.4) is 0 Å². The maximum absolute atomic E-state index is 13.2. The van der Waals surface area contributed by atoms with E-state index in [4.69, 9.17) is 16.3 Å². The van der Waals surface area contributed by atoms with Crippen molar-refractivity contribution in [1.82, 2.24) is 10.2 Å². The van der Waals surface area contributed by atoms with Crippen LogP contribution in [0.15, 0.2) is 11.1 Å². The van der Waals surface area contributed by atoms with Crippen molar-refractivity contribution in [2.45, 2.75) is 71.4 Å². The molecule has 1 saturated heterocycles. The Hall–Kier alpha value is -1.11. The Labute approximate surface area is 180 Å². The minimum atomic E-state index is -0.840. The van der Waals surface area contributed by atoms with Crippen LogP contribution in [0.5, 0.6) is 0 Å². The first-order valence-corrected chi connectivity index (χ1v) is 11.0. The number of nitrogens with one attached hydrogen (secondary N) is 1. The average Bonchev–Trinajstić information content (AvgIpc) is 2.66. The van der Waals surface area contributed by atoms with Crippen molar-refractivity contribution in [3.8, 4) is 0 Å². The van der Waals surface area contributed by atoms with E-state index in [1.807, 2.05) is 33.8 Å². The lowest BCUT2D eigenvalue weighted by Gasteiger charge is -2.54. The summed E-state index contributed by atoms with van der Waals surface area (Å²) in [4.78, 5) is 27.2. The number of ether oxygens (including phenoxy) is 1. The Balaban J connectivity index is 2.08. The largest absolute Gasteiger partial charge is 0.389 e. The second-order valence-electron chi connectivity index (χ2n) is 9.47. The normalized spacial score (nSPS) is 28.1. The SMILES string of the molecule is COCCC(=O)N[C@@H](C(=O)N1CC[C@](O)(C2CC=C(Cl)CC2)C(C)(C)C1)C(C)C. The molecule has 1 aliphatic carbocycles. The van der Waals surface area contributed by atoms with Gasteiger partial charge in [-0.2, -0.15) is 0 Å². The van der Waals surface area contributed by atoms with E-state index in [2.05, 4.69) is 5.32 Å². The molecule has 0 aromatic carbocycles. The molecule has 6 nitrogen and oxygen atoms in total. The molecule has 29 heavy (non-hydrogen) atoms. The van der Waals surface area contributed by atoms with Gasteiger partial charge >= 0.3 is 0 Å². The van der Waals surface area contributed by atoms with Crippen molar-refractivity contribution in [2.24, 2.45) is 17.3 Å². The summed E-state index contributed by atoms with van der Waals surface area (Å²) in [5.41, 5.74) is -1.29. The Morgan fingerprint density at radius 2 is 2.10 bits per heavy atom. The highest BCUT2D eigenvalue weighted by atomic mass is 35.5. The van der Waals surface area contributed by atoms with Crippen molar-refractivity contribution in [1.29, 1.82) is 0 Å². The smallest absolute Gasteiger partial charge is 0.245 e. The number of carbonyl (C=O) groups is 2. The van der Waals surface area contributed by atoms with Gasteiger partial charge in [-0.25, -0.2) is 0 Å². The third-order valence-electron chi connectivity index (χ3n) is 6.65. The second-order valence-corrected chi connectivity index (χ2v) is 9.96.